The minimum Gasteiger partial charge on any atom is -0.493 e. The van der Waals surface area contributed by atoms with Crippen LogP contribution < -0.4 is 81.3 Å². The van der Waals surface area contributed by atoms with Crippen LogP contribution in [0.5, 0.6) is 23.0 Å². The normalized spacial score (nSPS) is 10.8. The Morgan fingerprint density at radius 3 is 1.14 bits per heavy atom. The maximum absolute atomic E-state index is 6.21. The number of hydrogen-bond donors (Lipinski definition) is 11. The molecule has 0 aliphatic carbocycles. The van der Waals surface area contributed by atoms with Crippen LogP contribution in [0.15, 0.2) is 92.8 Å². The van der Waals surface area contributed by atoms with Crippen LogP contribution in [0.25, 0.3) is 44.1 Å². The quantitative estimate of drug-likeness (QED) is 0.0199. The molecule has 0 spiro atoms. The van der Waals surface area contributed by atoms with E-state index >= 15 is 0 Å². The number of benzene rings is 4. The first-order chi connectivity index (χ1) is 30.9. The molecule has 64 heavy (non-hydrogen) atoms. The van der Waals surface area contributed by atoms with Crippen LogP contribution in [0.1, 0.15) is 32.1 Å². The number of ether oxygens (including phenoxy) is 4. The second kappa shape index (κ2) is 24.0. The standard InChI is InChI=1S/C44H62N16O4/c45-40(46)55-10-1-15-60-38-8-6-28(30-20-32(61-16-2-11-56-41(47)48)26-33(21-30)62-17-3-12-57-42(49)50)24-36(38)37-25-29(7-9-39(37)60)31-22-34(63-18-4-13-58-43(51)52)27-35(23-31)64-19-5-14-59-44(53)54/h6-9,20-27H,1-5,10-19H2,(H4,45,46,55)(H4,47,48,56)(H4,49,50,57)(H4,51,52,58)(H4,53,54,59)/p+1. The fourth-order valence-corrected chi connectivity index (χ4v) is 6.83. The Hall–Kier alpha value is -7.77. The predicted octanol–water partition coefficient (Wildman–Crippen LogP) is 0.0418. The molecule has 5 aromatic rings. The average Bonchev–Trinajstić information content (AvgIpc) is 3.56. The van der Waals surface area contributed by atoms with Gasteiger partial charge in [-0.25, -0.2) is 0 Å². The van der Waals surface area contributed by atoms with Crippen LogP contribution in [0, 0.1) is 0 Å². The Labute approximate surface area is 372 Å². The number of aromatic nitrogens is 1. The fourth-order valence-electron chi connectivity index (χ4n) is 6.83. The van der Waals surface area contributed by atoms with Crippen molar-refractivity contribution in [3.05, 3.63) is 72.8 Å². The average molecular weight is 880 g/mol. The van der Waals surface area contributed by atoms with Crippen molar-refractivity contribution in [2.45, 2.75) is 38.6 Å². The molecule has 20 nitrogen and oxygen atoms in total. The first kappa shape index (κ1) is 47.3. The van der Waals surface area contributed by atoms with Gasteiger partial charge in [0.2, 0.25) is 0 Å². The van der Waals surface area contributed by atoms with E-state index in [4.69, 9.17) is 76.3 Å². The Morgan fingerprint density at radius 1 is 0.422 bits per heavy atom. The van der Waals surface area contributed by atoms with Gasteiger partial charge in [0.25, 0.3) is 0 Å². The topological polar surface area (TPSA) is 365 Å². The molecule has 0 aliphatic heterocycles. The van der Waals surface area contributed by atoms with Crippen molar-refractivity contribution in [2.75, 3.05) is 59.2 Å². The summed E-state index contributed by atoms with van der Waals surface area (Å²) in [5.74, 6) is 2.92. The third kappa shape index (κ3) is 15.0. The van der Waals surface area contributed by atoms with Gasteiger partial charge in [0.1, 0.15) is 23.0 Å². The van der Waals surface area contributed by atoms with Gasteiger partial charge in [-0.1, -0.05) is 12.1 Å². The number of guanidine groups is 5. The summed E-state index contributed by atoms with van der Waals surface area (Å²) in [4.78, 5) is 19.3. The lowest BCUT2D eigenvalue weighted by Gasteiger charge is -2.13. The number of nitrogens with zero attached hydrogens (tertiary/aromatic N) is 5. The molecule has 0 atom stereocenters. The summed E-state index contributed by atoms with van der Waals surface area (Å²) in [7, 11) is 0. The van der Waals surface area contributed by atoms with E-state index in [0.717, 1.165) is 50.5 Å². The van der Waals surface area contributed by atoms with Gasteiger partial charge in [-0.05, 0) is 77.2 Å². The van der Waals surface area contributed by atoms with Gasteiger partial charge >= 0.3 is 5.96 Å². The zero-order valence-corrected chi connectivity index (χ0v) is 36.2. The zero-order valence-electron chi connectivity index (χ0n) is 36.2. The van der Waals surface area contributed by atoms with Crippen molar-refractivity contribution in [2.24, 2.45) is 77.3 Å². The molecule has 0 saturated carbocycles. The maximum Gasteiger partial charge on any atom is 0.338 e. The third-order valence-corrected chi connectivity index (χ3v) is 9.64. The molecule has 0 saturated heterocycles. The van der Waals surface area contributed by atoms with E-state index in [0.29, 0.717) is 114 Å². The van der Waals surface area contributed by atoms with Gasteiger partial charge in [-0.15, -0.1) is 0 Å². The molecule has 0 aliphatic rings. The highest BCUT2D eigenvalue weighted by molar-refractivity contribution is 6.10. The Bertz CT molecular complexity index is 2210. The molecule has 0 unspecified atom stereocenters. The van der Waals surface area contributed by atoms with E-state index in [2.05, 4.69) is 65.9 Å². The van der Waals surface area contributed by atoms with E-state index < -0.39 is 0 Å². The third-order valence-electron chi connectivity index (χ3n) is 9.64. The van der Waals surface area contributed by atoms with Crippen molar-refractivity contribution in [1.82, 2.24) is 4.57 Å². The van der Waals surface area contributed by atoms with Crippen molar-refractivity contribution in [3.8, 4) is 45.3 Å². The minimum absolute atomic E-state index is 0.0398. The molecule has 1 heterocycles. The second-order valence-corrected chi connectivity index (χ2v) is 14.8. The van der Waals surface area contributed by atoms with E-state index in [1.807, 2.05) is 36.4 Å². The monoisotopic (exact) mass is 880 g/mol. The Kier molecular flexibility index (Phi) is 17.7. The lowest BCUT2D eigenvalue weighted by molar-refractivity contribution is -0.460. The summed E-state index contributed by atoms with van der Waals surface area (Å²) < 4.78 is 27.1. The van der Waals surface area contributed by atoms with Crippen molar-refractivity contribution in [3.63, 3.8) is 0 Å². The number of hydrogen-bond acceptors (Lipinski definition) is 8. The molecular weight excluding hydrogens is 817 g/mol. The van der Waals surface area contributed by atoms with Crippen LogP contribution >= 0.6 is 0 Å². The number of nitrogens with one attached hydrogen (secondary N) is 1. The van der Waals surface area contributed by atoms with Gasteiger partial charge in [-0.3, -0.25) is 36.4 Å². The molecule has 0 radical (unpaired) electrons. The zero-order chi connectivity index (χ0) is 45.8. The molecule has 20 heteroatoms. The van der Waals surface area contributed by atoms with Crippen molar-refractivity contribution in [1.29, 1.82) is 0 Å². The molecule has 4 aromatic carbocycles. The molecule has 0 amide bonds. The van der Waals surface area contributed by atoms with Gasteiger partial charge in [-0.2, -0.15) is 0 Å². The Morgan fingerprint density at radius 2 is 0.781 bits per heavy atom. The molecule has 0 bridgehead atoms. The highest BCUT2D eigenvalue weighted by atomic mass is 16.5. The van der Waals surface area contributed by atoms with Crippen LogP contribution in [0.4, 0.5) is 0 Å². The van der Waals surface area contributed by atoms with E-state index in [9.17, 15) is 0 Å². The Balaban J connectivity index is 1.55. The van der Waals surface area contributed by atoms with Crippen molar-refractivity contribution >= 4 is 51.6 Å². The second-order valence-electron chi connectivity index (χ2n) is 14.8. The summed E-state index contributed by atoms with van der Waals surface area (Å²) in [6.45, 7) is 4.70. The lowest BCUT2D eigenvalue weighted by Crippen LogP contribution is -2.78. The van der Waals surface area contributed by atoms with Crippen molar-refractivity contribution < 1.29 is 23.9 Å². The van der Waals surface area contributed by atoms with Crippen LogP contribution in [0.3, 0.4) is 0 Å². The largest absolute Gasteiger partial charge is 0.493 e. The maximum atomic E-state index is 6.21. The molecule has 342 valence electrons. The highest BCUT2D eigenvalue weighted by Gasteiger charge is 2.16. The molecule has 0 fully saturated rings. The highest BCUT2D eigenvalue weighted by Crippen LogP contribution is 2.38. The fraction of sp³-hybridized carbons (Fsp3) is 0.341. The number of nitrogens with two attached hydrogens (primary N) is 10. The number of rotatable bonds is 26. The van der Waals surface area contributed by atoms with Gasteiger partial charge in [0.05, 0.1) is 33.0 Å². The van der Waals surface area contributed by atoms with Crippen LogP contribution in [0.2, 0.25) is 0 Å². The van der Waals surface area contributed by atoms with Gasteiger partial charge in [0, 0.05) is 92.3 Å². The van der Waals surface area contributed by atoms with E-state index in [-0.39, 0.29) is 29.8 Å². The summed E-state index contributed by atoms with van der Waals surface area (Å²) in [6.07, 6.45) is 3.27. The molecule has 21 N–H and O–H groups in total. The summed E-state index contributed by atoms with van der Waals surface area (Å²) in [5, 5.41) is 2.10. The van der Waals surface area contributed by atoms with E-state index in [1.54, 1.807) is 0 Å². The molecular formula is C44H63N16O4+. The summed E-state index contributed by atoms with van der Waals surface area (Å²) in [6, 6.07) is 24.6. The molecule has 5 rings (SSSR count). The molecule has 1 aromatic heterocycles. The summed E-state index contributed by atoms with van der Waals surface area (Å²) >= 11 is 0. The first-order valence-electron chi connectivity index (χ1n) is 21.1. The smallest absolute Gasteiger partial charge is 0.338 e. The van der Waals surface area contributed by atoms with Gasteiger partial charge in [0.15, 0.2) is 23.8 Å². The SMILES string of the molecule is NC(N)=NCCCOc1cc(OCCCN=C(N)N)cc(-c2ccc3c(c2)c2cc(-c4cc(OCCCN=C(N)N)cc(OCCC[NH+]=C(N)N)c4)ccc2n3CCCN=C(N)N)c1. The number of aryl methyl sites for hydroxylation is 1. The lowest BCUT2D eigenvalue weighted by atomic mass is 9.99. The van der Waals surface area contributed by atoms with Crippen LogP contribution in [-0.2, 0) is 6.54 Å². The van der Waals surface area contributed by atoms with Gasteiger partial charge < -0.3 is 69.4 Å². The van der Waals surface area contributed by atoms with Crippen LogP contribution in [-0.4, -0.2) is 93.5 Å². The predicted molar refractivity (Wildman–Crippen MR) is 257 cm³/mol. The first-order valence-corrected chi connectivity index (χ1v) is 21.1. The minimum atomic E-state index is 0.0398. The van der Waals surface area contributed by atoms with E-state index in [1.165, 1.54) is 0 Å². The summed E-state index contributed by atoms with van der Waals surface area (Å²) in [5.41, 5.74) is 61.3. The number of aliphatic imine (C=N–C) groups is 4. The number of fused-ring (bicyclic) bond motifs is 3.